The number of benzene rings is 1. The van der Waals surface area contributed by atoms with Crippen LogP contribution in [0.25, 0.3) is 0 Å². The Bertz CT molecular complexity index is 658. The van der Waals surface area contributed by atoms with Gasteiger partial charge in [-0.25, -0.2) is 9.78 Å². The molecule has 21 heavy (non-hydrogen) atoms. The van der Waals surface area contributed by atoms with Crippen LogP contribution in [-0.4, -0.2) is 29.6 Å². The number of nitrogens with zero attached hydrogens (tertiary/aromatic N) is 1. The number of rotatable bonds is 5. The maximum absolute atomic E-state index is 12.0. The van der Waals surface area contributed by atoms with Crippen LogP contribution in [0, 0.1) is 0 Å². The van der Waals surface area contributed by atoms with E-state index in [1.54, 1.807) is 42.6 Å². The Kier molecular flexibility index (Phi) is 5.36. The fourth-order valence-corrected chi connectivity index (χ4v) is 2.30. The summed E-state index contributed by atoms with van der Waals surface area (Å²) in [5.41, 5.74) is 0.803. The standard InChI is InChI=1S/C15H12ClNO3S/c1-21-14-12(3-2-8-17-14)15(19)20-9-13(18)10-4-6-11(16)7-5-10/h2-8H,9H2,1H3. The first kappa shape index (κ1) is 15.5. The average molecular weight is 322 g/mol. The second-order valence-electron chi connectivity index (χ2n) is 4.07. The number of aromatic nitrogens is 1. The van der Waals surface area contributed by atoms with E-state index in [0.29, 0.717) is 21.2 Å². The number of thioether (sulfide) groups is 1. The molecule has 0 unspecified atom stereocenters. The van der Waals surface area contributed by atoms with E-state index in [1.807, 2.05) is 6.26 Å². The predicted molar refractivity (Wildman–Crippen MR) is 82.1 cm³/mol. The van der Waals surface area contributed by atoms with Crippen molar-refractivity contribution in [1.29, 1.82) is 0 Å². The van der Waals surface area contributed by atoms with Crippen LogP contribution in [0.4, 0.5) is 0 Å². The maximum Gasteiger partial charge on any atom is 0.341 e. The zero-order chi connectivity index (χ0) is 15.2. The molecule has 108 valence electrons. The molecule has 0 N–H and O–H groups in total. The topological polar surface area (TPSA) is 56.3 Å². The lowest BCUT2D eigenvalue weighted by Crippen LogP contribution is -2.15. The Balaban J connectivity index is 2.01. The van der Waals surface area contributed by atoms with Crippen LogP contribution in [0.15, 0.2) is 47.6 Å². The zero-order valence-corrected chi connectivity index (χ0v) is 12.8. The number of pyridine rings is 1. The van der Waals surface area contributed by atoms with E-state index in [0.717, 1.165) is 0 Å². The number of ether oxygens (including phenoxy) is 1. The normalized spacial score (nSPS) is 10.2. The van der Waals surface area contributed by atoms with Crippen molar-refractivity contribution in [2.75, 3.05) is 12.9 Å². The molecule has 0 aliphatic carbocycles. The smallest absolute Gasteiger partial charge is 0.341 e. The number of Topliss-reactive ketones (excluding diaryl/α,β-unsaturated/α-hetero) is 1. The van der Waals surface area contributed by atoms with E-state index in [2.05, 4.69) is 4.98 Å². The summed E-state index contributed by atoms with van der Waals surface area (Å²) >= 11 is 7.10. The van der Waals surface area contributed by atoms with Gasteiger partial charge in [0.05, 0.1) is 5.56 Å². The Morgan fingerprint density at radius 2 is 1.95 bits per heavy atom. The summed E-state index contributed by atoms with van der Waals surface area (Å²) in [6.45, 7) is -0.316. The van der Waals surface area contributed by atoms with E-state index in [-0.39, 0.29) is 12.4 Å². The quantitative estimate of drug-likeness (QED) is 0.479. The predicted octanol–water partition coefficient (Wildman–Crippen LogP) is 3.50. The molecular weight excluding hydrogens is 310 g/mol. The monoisotopic (exact) mass is 321 g/mol. The van der Waals surface area contributed by atoms with Crippen molar-refractivity contribution in [3.8, 4) is 0 Å². The first-order chi connectivity index (χ1) is 10.1. The van der Waals surface area contributed by atoms with E-state index < -0.39 is 5.97 Å². The Hall–Kier alpha value is -1.85. The van der Waals surface area contributed by atoms with Gasteiger partial charge in [0.25, 0.3) is 0 Å². The molecule has 4 nitrogen and oxygen atoms in total. The Labute approximate surface area is 131 Å². The van der Waals surface area contributed by atoms with Crippen LogP contribution in [0.5, 0.6) is 0 Å². The average Bonchev–Trinajstić information content (AvgIpc) is 2.52. The highest BCUT2D eigenvalue weighted by molar-refractivity contribution is 7.98. The first-order valence-electron chi connectivity index (χ1n) is 6.06. The zero-order valence-electron chi connectivity index (χ0n) is 11.2. The molecule has 0 amide bonds. The number of carbonyl (C=O) groups is 2. The summed E-state index contributed by atoms with van der Waals surface area (Å²) in [6.07, 6.45) is 3.42. The van der Waals surface area contributed by atoms with Gasteiger partial charge < -0.3 is 4.74 Å². The molecule has 2 rings (SSSR count). The molecule has 0 atom stereocenters. The van der Waals surface area contributed by atoms with Gasteiger partial charge in [0, 0.05) is 16.8 Å². The SMILES string of the molecule is CSc1ncccc1C(=O)OCC(=O)c1ccc(Cl)cc1. The second kappa shape index (κ2) is 7.24. The molecule has 1 aromatic carbocycles. The van der Waals surface area contributed by atoms with Gasteiger partial charge >= 0.3 is 5.97 Å². The number of esters is 1. The fourth-order valence-electron chi connectivity index (χ4n) is 1.64. The highest BCUT2D eigenvalue weighted by Crippen LogP contribution is 2.18. The fraction of sp³-hybridized carbons (Fsp3) is 0.133. The van der Waals surface area contributed by atoms with Gasteiger partial charge in [0.15, 0.2) is 12.4 Å². The van der Waals surface area contributed by atoms with Crippen molar-refractivity contribution < 1.29 is 14.3 Å². The minimum absolute atomic E-state index is 0.283. The summed E-state index contributed by atoms with van der Waals surface area (Å²) in [7, 11) is 0. The highest BCUT2D eigenvalue weighted by Gasteiger charge is 2.15. The number of hydrogen-bond donors (Lipinski definition) is 0. The van der Waals surface area contributed by atoms with Crippen LogP contribution in [0.1, 0.15) is 20.7 Å². The van der Waals surface area contributed by atoms with Crippen LogP contribution in [0.3, 0.4) is 0 Å². The summed E-state index contributed by atoms with van der Waals surface area (Å²) < 4.78 is 5.04. The van der Waals surface area contributed by atoms with Crippen molar-refractivity contribution in [1.82, 2.24) is 4.98 Å². The van der Waals surface area contributed by atoms with E-state index in [1.165, 1.54) is 11.8 Å². The second-order valence-corrected chi connectivity index (χ2v) is 5.30. The molecule has 0 saturated heterocycles. The van der Waals surface area contributed by atoms with Gasteiger partial charge in [-0.1, -0.05) is 11.6 Å². The lowest BCUT2D eigenvalue weighted by atomic mass is 10.1. The van der Waals surface area contributed by atoms with Crippen LogP contribution >= 0.6 is 23.4 Å². The maximum atomic E-state index is 12.0. The van der Waals surface area contributed by atoms with Gasteiger partial charge in [-0.15, -0.1) is 11.8 Å². The van der Waals surface area contributed by atoms with Crippen molar-refractivity contribution in [3.63, 3.8) is 0 Å². The summed E-state index contributed by atoms with van der Waals surface area (Å²) in [6, 6.07) is 9.68. The van der Waals surface area contributed by atoms with Gasteiger partial charge in [0.1, 0.15) is 5.03 Å². The highest BCUT2D eigenvalue weighted by atomic mass is 35.5. The minimum atomic E-state index is -0.560. The van der Waals surface area contributed by atoms with Crippen LogP contribution in [0.2, 0.25) is 5.02 Å². The Morgan fingerprint density at radius 1 is 1.24 bits per heavy atom. The van der Waals surface area contributed by atoms with Crippen LogP contribution in [-0.2, 0) is 4.74 Å². The lowest BCUT2D eigenvalue weighted by Gasteiger charge is -2.06. The minimum Gasteiger partial charge on any atom is -0.454 e. The van der Waals surface area contributed by atoms with Crippen molar-refractivity contribution >= 4 is 35.1 Å². The van der Waals surface area contributed by atoms with Crippen LogP contribution < -0.4 is 0 Å². The third-order valence-corrected chi connectivity index (χ3v) is 3.65. The molecule has 0 aliphatic rings. The first-order valence-corrected chi connectivity index (χ1v) is 7.67. The van der Waals surface area contributed by atoms with Gasteiger partial charge in [0.2, 0.25) is 0 Å². The third-order valence-electron chi connectivity index (χ3n) is 2.68. The molecule has 0 fully saturated rings. The van der Waals surface area contributed by atoms with Gasteiger partial charge in [-0.05, 0) is 42.7 Å². The molecule has 0 radical (unpaired) electrons. The third kappa shape index (κ3) is 4.06. The summed E-state index contributed by atoms with van der Waals surface area (Å²) in [4.78, 5) is 27.9. The molecule has 0 spiro atoms. The molecule has 1 heterocycles. The van der Waals surface area contributed by atoms with Gasteiger partial charge in [-0.2, -0.15) is 0 Å². The molecule has 2 aromatic rings. The molecular formula is C15H12ClNO3S. The number of ketones is 1. The molecule has 6 heteroatoms. The van der Waals surface area contributed by atoms with E-state index >= 15 is 0 Å². The number of hydrogen-bond acceptors (Lipinski definition) is 5. The molecule has 0 bridgehead atoms. The number of halogens is 1. The number of carbonyl (C=O) groups excluding carboxylic acids is 2. The lowest BCUT2D eigenvalue weighted by molar-refractivity contribution is 0.0470. The summed E-state index contributed by atoms with van der Waals surface area (Å²) in [5, 5.41) is 1.12. The van der Waals surface area contributed by atoms with Crippen molar-refractivity contribution in [2.24, 2.45) is 0 Å². The molecule has 0 saturated carbocycles. The Morgan fingerprint density at radius 3 is 2.62 bits per heavy atom. The van der Waals surface area contributed by atoms with E-state index in [4.69, 9.17) is 16.3 Å². The van der Waals surface area contributed by atoms with E-state index in [9.17, 15) is 9.59 Å². The van der Waals surface area contributed by atoms with Crippen molar-refractivity contribution in [3.05, 3.63) is 58.7 Å². The molecule has 0 aliphatic heterocycles. The van der Waals surface area contributed by atoms with Crippen molar-refractivity contribution in [2.45, 2.75) is 5.03 Å². The van der Waals surface area contributed by atoms with Gasteiger partial charge in [-0.3, -0.25) is 4.79 Å². The molecule has 1 aromatic heterocycles. The summed E-state index contributed by atoms with van der Waals surface area (Å²) in [5.74, 6) is -0.843. The largest absolute Gasteiger partial charge is 0.454 e.